The van der Waals surface area contributed by atoms with Crippen molar-refractivity contribution in [2.24, 2.45) is 0 Å². The number of carbonyl (C=O) groups excluding carboxylic acids is 1. The Morgan fingerprint density at radius 1 is 0.855 bits per heavy atom. The standard InChI is InChI=1S/C18H17F2N5O.C14H22F2N2O3Si.C10H11N3.CH4/c19-18(20)7-6-15-14(8-18)16(24-23-15)17(26)22-13-9-21-25(11-13)10-12-4-2-1-3-5-12;1-22(2,3)7-6-21-9-18-11-4-5-14(15,16)8-10(11)12(17-18)13(19)20;11-10-6-12-13(8-10)7-9-4-2-1-3-5-9;/h1-5,9,11H,6-8,10H2,(H,22,26)(H,23,24);4-9H2,1-3H3,(H,19,20);1-6,8H,7,11H2;1H4. The predicted octanol–water partition coefficient (Wildman–Crippen LogP) is 8.20. The van der Waals surface area contributed by atoms with Crippen LogP contribution >= 0.6 is 0 Å². The first-order valence-electron chi connectivity index (χ1n) is 19.8. The number of aryl methyl sites for hydroxylation is 1. The van der Waals surface area contributed by atoms with E-state index in [1.165, 1.54) is 16.4 Å². The largest absolute Gasteiger partial charge is 0.476 e. The van der Waals surface area contributed by atoms with Crippen LogP contribution in [-0.4, -0.2) is 83.0 Å². The minimum Gasteiger partial charge on any atom is -0.476 e. The number of aromatic carboxylic acids is 1. The van der Waals surface area contributed by atoms with E-state index >= 15 is 0 Å². The Morgan fingerprint density at radius 2 is 1.44 bits per heavy atom. The molecule has 2 aliphatic carbocycles. The highest BCUT2D eigenvalue weighted by Crippen LogP contribution is 2.35. The molecule has 0 bridgehead atoms. The maximum absolute atomic E-state index is 13.7. The fourth-order valence-corrected chi connectivity index (χ4v) is 7.57. The first-order chi connectivity index (χ1) is 28.9. The van der Waals surface area contributed by atoms with Crippen LogP contribution in [0.25, 0.3) is 0 Å². The Labute approximate surface area is 358 Å². The fraction of sp³-hybridized carbons (Fsp3) is 0.395. The summed E-state index contributed by atoms with van der Waals surface area (Å²) >= 11 is 0. The lowest BCUT2D eigenvalue weighted by atomic mass is 9.92. The molecule has 62 heavy (non-hydrogen) atoms. The van der Waals surface area contributed by atoms with Gasteiger partial charge in [-0.1, -0.05) is 87.7 Å². The van der Waals surface area contributed by atoms with Crippen LogP contribution in [0.1, 0.15) is 74.9 Å². The Hall–Kier alpha value is -6.08. The molecule has 14 nitrogen and oxygen atoms in total. The van der Waals surface area contributed by atoms with Crippen LogP contribution in [0.5, 0.6) is 0 Å². The van der Waals surface area contributed by atoms with Gasteiger partial charge in [0.2, 0.25) is 0 Å². The van der Waals surface area contributed by atoms with Crippen molar-refractivity contribution in [1.29, 1.82) is 0 Å². The van der Waals surface area contributed by atoms with E-state index in [0.29, 0.717) is 41.5 Å². The third-order valence-electron chi connectivity index (χ3n) is 10.0. The van der Waals surface area contributed by atoms with E-state index in [1.807, 2.05) is 59.4 Å². The third kappa shape index (κ3) is 13.2. The number of hydrogen-bond donors (Lipinski definition) is 4. The molecule has 0 radical (unpaired) electrons. The van der Waals surface area contributed by atoms with Crippen LogP contribution in [0.3, 0.4) is 0 Å². The molecule has 5 N–H and O–H groups in total. The van der Waals surface area contributed by atoms with E-state index in [4.69, 9.17) is 15.6 Å². The molecular formula is C43H54F4N10O4Si. The average molecular weight is 879 g/mol. The second kappa shape index (κ2) is 20.2. The van der Waals surface area contributed by atoms with Gasteiger partial charge in [-0.25, -0.2) is 27.0 Å². The van der Waals surface area contributed by atoms with E-state index < -0.39 is 44.6 Å². The highest BCUT2D eigenvalue weighted by Gasteiger charge is 2.40. The van der Waals surface area contributed by atoms with Gasteiger partial charge in [0, 0.05) is 75.3 Å². The summed E-state index contributed by atoms with van der Waals surface area (Å²) in [4.78, 5) is 23.7. The number of nitrogens with zero attached hydrogens (tertiary/aromatic N) is 7. The number of ether oxygens (including phenoxy) is 1. The van der Waals surface area contributed by atoms with Crippen LogP contribution in [0.2, 0.25) is 25.7 Å². The van der Waals surface area contributed by atoms with Crippen LogP contribution in [0, 0.1) is 0 Å². The van der Waals surface area contributed by atoms with E-state index in [9.17, 15) is 27.2 Å². The molecule has 0 saturated heterocycles. The monoisotopic (exact) mass is 878 g/mol. The number of carboxylic acid groups (broad SMARTS) is 1. The second-order valence-electron chi connectivity index (χ2n) is 16.3. The van der Waals surface area contributed by atoms with E-state index in [2.05, 4.69) is 62.6 Å². The summed E-state index contributed by atoms with van der Waals surface area (Å²) in [7, 11) is -1.20. The van der Waals surface area contributed by atoms with Crippen LogP contribution < -0.4 is 11.1 Å². The number of anilines is 2. The summed E-state index contributed by atoms with van der Waals surface area (Å²) in [5, 5.41) is 30.7. The van der Waals surface area contributed by atoms with Crippen molar-refractivity contribution >= 4 is 31.3 Å². The fourth-order valence-electron chi connectivity index (χ4n) is 6.81. The normalized spacial score (nSPS) is 14.8. The SMILES string of the molecule is C.C[Si](C)(C)CCOCn1nc(C(=O)O)c2c1CCC(F)(F)C2.Nc1cnn(Cc2ccccc2)c1.O=C(Nc1cnn(Cc2ccccc2)c1)c1n[nH]c2c1CC(F)(F)CC2. The topological polar surface area (TPSA) is 184 Å². The molecule has 0 unspecified atom stereocenters. The van der Waals surface area contributed by atoms with Crippen LogP contribution in [0.15, 0.2) is 85.5 Å². The van der Waals surface area contributed by atoms with Crippen molar-refractivity contribution in [1.82, 2.24) is 39.5 Å². The van der Waals surface area contributed by atoms with Crippen molar-refractivity contribution in [3.05, 3.63) is 130 Å². The van der Waals surface area contributed by atoms with Gasteiger partial charge >= 0.3 is 5.97 Å². The number of benzene rings is 2. The lowest BCUT2D eigenvalue weighted by Gasteiger charge is -2.22. The van der Waals surface area contributed by atoms with Crippen LogP contribution in [-0.2, 0) is 50.2 Å². The molecule has 0 saturated carbocycles. The maximum atomic E-state index is 13.7. The van der Waals surface area contributed by atoms with Crippen molar-refractivity contribution < 1.29 is 37.0 Å². The van der Waals surface area contributed by atoms with Gasteiger partial charge in [0.25, 0.3) is 17.8 Å². The number of aromatic amines is 1. The predicted molar refractivity (Wildman–Crippen MR) is 230 cm³/mol. The summed E-state index contributed by atoms with van der Waals surface area (Å²) in [5.41, 5.74) is 10.4. The number of aromatic nitrogens is 8. The Balaban J connectivity index is 0.000000183. The minimum atomic E-state index is -2.86. The zero-order chi connectivity index (χ0) is 43.8. The molecule has 8 rings (SSSR count). The van der Waals surface area contributed by atoms with E-state index in [1.54, 1.807) is 17.1 Å². The van der Waals surface area contributed by atoms with Crippen molar-refractivity contribution in [3.63, 3.8) is 0 Å². The van der Waals surface area contributed by atoms with Gasteiger partial charge in [0.15, 0.2) is 11.4 Å². The lowest BCUT2D eigenvalue weighted by molar-refractivity contribution is -0.0143. The molecule has 0 spiro atoms. The number of fused-ring (bicyclic) bond motifs is 2. The van der Waals surface area contributed by atoms with E-state index in [-0.39, 0.29) is 56.8 Å². The number of amides is 1. The van der Waals surface area contributed by atoms with Crippen molar-refractivity contribution in [2.75, 3.05) is 17.7 Å². The zero-order valence-corrected chi connectivity index (χ0v) is 35.3. The summed E-state index contributed by atoms with van der Waals surface area (Å²) in [6, 6.07) is 20.9. The molecule has 4 heterocycles. The van der Waals surface area contributed by atoms with Crippen molar-refractivity contribution in [2.45, 2.75) is 103 Å². The van der Waals surface area contributed by atoms with Gasteiger partial charge in [-0.15, -0.1) is 0 Å². The maximum Gasteiger partial charge on any atom is 0.356 e. The zero-order valence-electron chi connectivity index (χ0n) is 34.3. The molecule has 0 fully saturated rings. The van der Waals surface area contributed by atoms with Gasteiger partial charge in [0.1, 0.15) is 6.73 Å². The summed E-state index contributed by atoms with van der Waals surface area (Å²) in [6.07, 6.45) is 5.49. The number of nitrogens with two attached hydrogens (primary N) is 1. The molecule has 1 amide bonds. The number of rotatable bonds is 12. The van der Waals surface area contributed by atoms with Crippen molar-refractivity contribution in [3.8, 4) is 0 Å². The smallest absolute Gasteiger partial charge is 0.356 e. The number of hydrogen-bond acceptors (Lipinski definition) is 8. The van der Waals surface area contributed by atoms with Crippen LogP contribution in [0.4, 0.5) is 28.9 Å². The number of H-pyrrole nitrogens is 1. The number of carbonyl (C=O) groups is 2. The highest BCUT2D eigenvalue weighted by molar-refractivity contribution is 6.76. The molecule has 2 aliphatic rings. The molecule has 0 aliphatic heterocycles. The van der Waals surface area contributed by atoms with Gasteiger partial charge in [0.05, 0.1) is 36.9 Å². The first kappa shape index (κ1) is 47.0. The molecule has 2 aromatic carbocycles. The molecule has 4 aromatic heterocycles. The minimum absolute atomic E-state index is 0. The summed E-state index contributed by atoms with van der Waals surface area (Å²) in [5.74, 6) is -7.44. The highest BCUT2D eigenvalue weighted by atomic mass is 28.3. The Bertz CT molecular complexity index is 2390. The molecule has 0 atom stereocenters. The molecule has 19 heteroatoms. The Kier molecular flexibility index (Phi) is 15.3. The lowest BCUT2D eigenvalue weighted by Crippen LogP contribution is -2.27. The molecule has 6 aromatic rings. The molecular weight excluding hydrogens is 825 g/mol. The van der Waals surface area contributed by atoms with Gasteiger partial charge in [-0.3, -0.25) is 19.3 Å². The first-order valence-corrected chi connectivity index (χ1v) is 23.6. The second-order valence-corrected chi connectivity index (χ2v) is 22.0. The molecule has 332 valence electrons. The number of alkyl halides is 4. The Morgan fingerprint density at radius 3 is 2.02 bits per heavy atom. The third-order valence-corrected chi connectivity index (χ3v) is 11.7. The van der Waals surface area contributed by atoms with Gasteiger partial charge < -0.3 is 20.9 Å². The number of carboxylic acids is 1. The number of nitrogens with one attached hydrogen (secondary N) is 2. The number of nitrogen functional groups attached to an aromatic ring is 1. The van der Waals surface area contributed by atoms with Gasteiger partial charge in [-0.05, 0) is 30.0 Å². The van der Waals surface area contributed by atoms with E-state index in [0.717, 1.165) is 18.2 Å². The average Bonchev–Trinajstić information content (AvgIpc) is 4.00. The number of halogens is 4. The summed E-state index contributed by atoms with van der Waals surface area (Å²) < 4.78 is 64.9. The van der Waals surface area contributed by atoms with Gasteiger partial charge in [-0.2, -0.15) is 20.4 Å². The quantitative estimate of drug-likeness (QED) is 0.0535. The summed E-state index contributed by atoms with van der Waals surface area (Å²) in [6.45, 7) is 8.73.